The third-order valence-corrected chi connectivity index (χ3v) is 10.5. The lowest BCUT2D eigenvalue weighted by Crippen LogP contribution is -2.39. The molecule has 12 heteroatoms. The lowest BCUT2D eigenvalue weighted by atomic mass is 9.77. The smallest absolute Gasteiger partial charge is 0.343 e. The number of aromatic nitrogens is 7. The summed E-state index contributed by atoms with van der Waals surface area (Å²) in [7, 11) is 0. The molecule has 0 amide bonds. The second-order valence-electron chi connectivity index (χ2n) is 15.9. The Balaban J connectivity index is 1.16. The molecular formula is C49H47N7O5. The van der Waals surface area contributed by atoms with Crippen LogP contribution >= 0.6 is 0 Å². The van der Waals surface area contributed by atoms with Crippen molar-refractivity contribution in [2.75, 3.05) is 6.61 Å². The molecule has 0 aliphatic rings. The topological polar surface area (TPSA) is 128 Å². The van der Waals surface area contributed by atoms with Crippen LogP contribution in [-0.2, 0) is 26.4 Å². The number of tetrazole rings is 1. The predicted octanol–water partition coefficient (Wildman–Crippen LogP) is 9.17. The van der Waals surface area contributed by atoms with E-state index in [2.05, 4.69) is 65.4 Å². The largest absolute Gasteiger partial charge is 0.465 e. The van der Waals surface area contributed by atoms with E-state index < -0.39 is 29.2 Å². The van der Waals surface area contributed by atoms with Gasteiger partial charge in [0.15, 0.2) is 0 Å². The number of aryl methyl sites for hydroxylation is 1. The molecule has 0 saturated heterocycles. The van der Waals surface area contributed by atoms with Gasteiger partial charge in [0.2, 0.25) is 12.1 Å². The van der Waals surface area contributed by atoms with Gasteiger partial charge in [-0.2, -0.15) is 4.98 Å². The summed E-state index contributed by atoms with van der Waals surface area (Å²) in [6, 6.07) is 46.8. The monoisotopic (exact) mass is 813 g/mol. The standard InChI is InChI=1S/C49H47N7O5/c1-7-59-47-50-41-25-17-24-40(45(57)60-34(3)61-46(58)48(4,5)6)43(41)55(47)32-35-26-28-39(29-27-35)54-31-33(2)30-42(54)44-51-52-53-56(44)49(36-18-11-8-12-19-36,37-20-13-9-14-21-37)38-22-15-10-16-23-38/h8-31,34H,7,32H2,1-6H3. The lowest BCUT2D eigenvalue weighted by Gasteiger charge is -2.36. The summed E-state index contributed by atoms with van der Waals surface area (Å²) in [6.45, 7) is 11.4. The number of nitrogens with zero attached hydrogens (tertiary/aromatic N) is 7. The maximum absolute atomic E-state index is 13.6. The maximum atomic E-state index is 13.6. The van der Waals surface area contributed by atoms with Crippen molar-refractivity contribution in [3.8, 4) is 23.2 Å². The van der Waals surface area contributed by atoms with Gasteiger partial charge in [-0.25, -0.2) is 9.48 Å². The number of fused-ring (bicyclic) bond motifs is 1. The molecule has 8 aromatic rings. The minimum absolute atomic E-state index is 0.272. The molecule has 0 spiro atoms. The van der Waals surface area contributed by atoms with E-state index in [0.717, 1.165) is 39.2 Å². The van der Waals surface area contributed by atoms with Crippen molar-refractivity contribution >= 4 is 23.0 Å². The molecule has 5 aromatic carbocycles. The molecule has 12 nitrogen and oxygen atoms in total. The predicted molar refractivity (Wildman–Crippen MR) is 232 cm³/mol. The van der Waals surface area contributed by atoms with E-state index in [1.165, 1.54) is 6.92 Å². The van der Waals surface area contributed by atoms with Gasteiger partial charge in [0, 0.05) is 18.8 Å². The Kier molecular flexibility index (Phi) is 11.1. The third kappa shape index (κ3) is 7.80. The van der Waals surface area contributed by atoms with E-state index in [9.17, 15) is 9.59 Å². The van der Waals surface area contributed by atoms with Crippen LogP contribution in [0.1, 0.15) is 72.8 Å². The van der Waals surface area contributed by atoms with Gasteiger partial charge in [-0.3, -0.25) is 9.36 Å². The van der Waals surface area contributed by atoms with Crippen molar-refractivity contribution in [1.29, 1.82) is 0 Å². The highest BCUT2D eigenvalue weighted by Gasteiger charge is 2.42. The summed E-state index contributed by atoms with van der Waals surface area (Å²) in [5, 5.41) is 13.8. The van der Waals surface area contributed by atoms with Crippen LogP contribution in [0.4, 0.5) is 0 Å². The van der Waals surface area contributed by atoms with Gasteiger partial charge in [-0.05, 0) is 103 Å². The quantitative estimate of drug-likeness (QED) is 0.0636. The fraction of sp³-hybridized carbons (Fsp3) is 0.224. The molecule has 0 aliphatic heterocycles. The zero-order chi connectivity index (χ0) is 42.7. The zero-order valence-corrected chi connectivity index (χ0v) is 35.0. The first kappa shape index (κ1) is 40.4. The van der Waals surface area contributed by atoms with E-state index in [4.69, 9.17) is 29.5 Å². The molecule has 3 aromatic heterocycles. The molecule has 1 unspecified atom stereocenters. The van der Waals surface area contributed by atoms with E-state index in [-0.39, 0.29) is 5.56 Å². The number of benzene rings is 5. The molecule has 0 fully saturated rings. The number of esters is 2. The summed E-state index contributed by atoms with van der Waals surface area (Å²) in [5.74, 6) is -0.534. The second kappa shape index (κ2) is 16.7. The highest BCUT2D eigenvalue weighted by Crippen LogP contribution is 2.42. The molecule has 0 bridgehead atoms. The molecule has 3 heterocycles. The summed E-state index contributed by atoms with van der Waals surface area (Å²) in [5.41, 5.74) is 6.42. The first-order valence-electron chi connectivity index (χ1n) is 20.3. The van der Waals surface area contributed by atoms with Gasteiger partial charge < -0.3 is 18.8 Å². The van der Waals surface area contributed by atoms with Crippen LogP contribution in [0, 0.1) is 12.3 Å². The molecule has 0 N–H and O–H groups in total. The summed E-state index contributed by atoms with van der Waals surface area (Å²) in [4.78, 5) is 30.8. The summed E-state index contributed by atoms with van der Waals surface area (Å²) >= 11 is 0. The first-order chi connectivity index (χ1) is 29.5. The molecule has 308 valence electrons. The van der Waals surface area contributed by atoms with Gasteiger partial charge in [0.1, 0.15) is 5.54 Å². The van der Waals surface area contributed by atoms with Crippen LogP contribution in [0.25, 0.3) is 28.2 Å². The summed E-state index contributed by atoms with van der Waals surface area (Å²) in [6.07, 6.45) is 0.982. The van der Waals surface area contributed by atoms with Gasteiger partial charge in [-0.15, -0.1) is 5.10 Å². The van der Waals surface area contributed by atoms with Gasteiger partial charge in [-0.1, -0.05) is 109 Å². The van der Waals surface area contributed by atoms with Crippen LogP contribution < -0.4 is 4.74 Å². The Morgan fingerprint density at radius 3 is 1.93 bits per heavy atom. The molecule has 1 atom stereocenters. The number of rotatable bonds is 13. The third-order valence-electron chi connectivity index (χ3n) is 10.5. The number of para-hydroxylation sites is 1. The molecule has 0 aliphatic carbocycles. The first-order valence-corrected chi connectivity index (χ1v) is 20.3. The Bertz CT molecular complexity index is 2690. The van der Waals surface area contributed by atoms with E-state index in [1.807, 2.05) is 101 Å². The van der Waals surface area contributed by atoms with Crippen molar-refractivity contribution in [3.63, 3.8) is 0 Å². The van der Waals surface area contributed by atoms with Crippen LogP contribution in [0.3, 0.4) is 0 Å². The molecule has 0 radical (unpaired) electrons. The Morgan fingerprint density at radius 2 is 1.36 bits per heavy atom. The minimum Gasteiger partial charge on any atom is -0.465 e. The number of hydrogen-bond donors (Lipinski definition) is 0. The van der Waals surface area contributed by atoms with Crippen molar-refractivity contribution in [3.05, 3.63) is 179 Å². The molecule has 61 heavy (non-hydrogen) atoms. The van der Waals surface area contributed by atoms with Crippen LogP contribution in [-0.4, -0.2) is 59.2 Å². The normalized spacial score (nSPS) is 12.3. The number of carbonyl (C=O) groups is 2. The fourth-order valence-electron chi connectivity index (χ4n) is 7.68. The SMILES string of the molecule is CCOc1nc2cccc(C(=O)OC(C)OC(=O)C(C)(C)C)c2n1Cc1ccc(-n2cc(C)cc2-c2nnnn2C(c2ccccc2)(c2ccccc2)c2ccccc2)cc1. The number of ether oxygens (including phenoxy) is 3. The molecule has 8 rings (SSSR count). The Morgan fingerprint density at radius 1 is 0.754 bits per heavy atom. The number of hydrogen-bond acceptors (Lipinski definition) is 9. The Labute approximate surface area is 354 Å². The lowest BCUT2D eigenvalue weighted by molar-refractivity contribution is -0.174. The Hall–Kier alpha value is -7.34. The number of carbonyl (C=O) groups excluding carboxylic acids is 2. The average Bonchev–Trinajstić information content (AvgIpc) is 4.00. The fourth-order valence-corrected chi connectivity index (χ4v) is 7.68. The van der Waals surface area contributed by atoms with Crippen molar-refractivity contribution < 1.29 is 23.8 Å². The van der Waals surface area contributed by atoms with Crippen LogP contribution in [0.2, 0.25) is 0 Å². The summed E-state index contributed by atoms with van der Waals surface area (Å²) < 4.78 is 22.9. The van der Waals surface area contributed by atoms with Crippen molar-refractivity contribution in [1.82, 2.24) is 34.3 Å². The van der Waals surface area contributed by atoms with Crippen molar-refractivity contribution in [2.24, 2.45) is 5.41 Å². The van der Waals surface area contributed by atoms with E-state index in [0.29, 0.717) is 36.0 Å². The highest BCUT2D eigenvalue weighted by molar-refractivity contribution is 6.02. The highest BCUT2D eigenvalue weighted by atomic mass is 16.7. The van der Waals surface area contributed by atoms with Crippen LogP contribution in [0.15, 0.2) is 146 Å². The molecule has 0 saturated carbocycles. The van der Waals surface area contributed by atoms with E-state index >= 15 is 0 Å². The molecular weight excluding hydrogens is 767 g/mol. The average molecular weight is 814 g/mol. The second-order valence-corrected chi connectivity index (χ2v) is 15.9. The maximum Gasteiger partial charge on any atom is 0.343 e. The van der Waals surface area contributed by atoms with Gasteiger partial charge >= 0.3 is 11.9 Å². The van der Waals surface area contributed by atoms with Crippen molar-refractivity contribution in [2.45, 2.75) is 59.9 Å². The van der Waals surface area contributed by atoms with E-state index in [1.54, 1.807) is 32.9 Å². The number of imidazole rings is 1. The van der Waals surface area contributed by atoms with Gasteiger partial charge in [0.05, 0.1) is 40.9 Å². The van der Waals surface area contributed by atoms with Crippen LogP contribution in [0.5, 0.6) is 6.01 Å². The minimum atomic E-state index is -1.09. The zero-order valence-electron chi connectivity index (χ0n) is 35.0. The van der Waals surface area contributed by atoms with Gasteiger partial charge in [0.25, 0.3) is 6.01 Å².